The molecule has 5 nitrogen and oxygen atoms in total. The van der Waals surface area contributed by atoms with Crippen molar-refractivity contribution in [2.24, 2.45) is 0 Å². The minimum atomic E-state index is -0.578. The molecule has 0 saturated carbocycles. The molecule has 3 rings (SSSR count). The molecule has 1 aromatic carbocycles. The van der Waals surface area contributed by atoms with E-state index in [2.05, 4.69) is 9.97 Å². The van der Waals surface area contributed by atoms with Crippen LogP contribution in [-0.2, 0) is 4.79 Å². The van der Waals surface area contributed by atoms with Crippen molar-refractivity contribution in [3.63, 3.8) is 0 Å². The number of hydrogen-bond acceptors (Lipinski definition) is 5. The van der Waals surface area contributed by atoms with Crippen LogP contribution >= 0.6 is 0 Å². The lowest BCUT2D eigenvalue weighted by molar-refractivity contribution is -0.104. The van der Waals surface area contributed by atoms with Gasteiger partial charge in [0.25, 0.3) is 0 Å². The van der Waals surface area contributed by atoms with Crippen LogP contribution < -0.4 is 0 Å². The summed E-state index contributed by atoms with van der Waals surface area (Å²) in [6.07, 6.45) is 0.325. The Morgan fingerprint density at radius 3 is 2.24 bits per heavy atom. The van der Waals surface area contributed by atoms with E-state index in [9.17, 15) is 14.7 Å². The summed E-state index contributed by atoms with van der Waals surface area (Å²) in [6.45, 7) is 0. The number of para-hydroxylation sites is 2. The Labute approximate surface area is 95.4 Å². The molecule has 5 heteroatoms. The third kappa shape index (κ3) is 1.19. The van der Waals surface area contributed by atoms with Crippen LogP contribution in [0.3, 0.4) is 0 Å². The number of aldehydes is 1. The predicted octanol–water partition coefficient (Wildman–Crippen LogP) is 1.29. The SMILES string of the molecule is O=CC1=C(O)c2nc3ccccc3nc2C1=O. The monoisotopic (exact) mass is 226 g/mol. The molecule has 82 valence electrons. The van der Waals surface area contributed by atoms with Gasteiger partial charge in [-0.3, -0.25) is 9.59 Å². The molecule has 0 aliphatic heterocycles. The number of fused-ring (bicyclic) bond motifs is 2. The van der Waals surface area contributed by atoms with Crippen LogP contribution in [0.15, 0.2) is 29.8 Å². The lowest BCUT2D eigenvalue weighted by atomic mass is 10.2. The van der Waals surface area contributed by atoms with Crippen LogP contribution in [0.4, 0.5) is 0 Å². The Morgan fingerprint density at radius 2 is 1.65 bits per heavy atom. The predicted molar refractivity (Wildman–Crippen MR) is 59.5 cm³/mol. The van der Waals surface area contributed by atoms with Gasteiger partial charge in [-0.1, -0.05) is 12.1 Å². The first-order valence-corrected chi connectivity index (χ1v) is 4.92. The highest BCUT2D eigenvalue weighted by Crippen LogP contribution is 2.28. The molecule has 1 aliphatic carbocycles. The van der Waals surface area contributed by atoms with Crippen molar-refractivity contribution in [3.8, 4) is 0 Å². The topological polar surface area (TPSA) is 80.2 Å². The molecule has 0 radical (unpaired) electrons. The minimum absolute atomic E-state index is 0.0308. The molecule has 0 amide bonds. The fourth-order valence-corrected chi connectivity index (χ4v) is 1.80. The molecule has 0 unspecified atom stereocenters. The van der Waals surface area contributed by atoms with E-state index in [0.29, 0.717) is 17.3 Å². The average Bonchev–Trinajstić information content (AvgIpc) is 2.59. The Bertz CT molecular complexity index is 704. The Hall–Kier alpha value is -2.56. The number of aliphatic hydroxyl groups excluding tert-OH is 1. The van der Waals surface area contributed by atoms with E-state index in [-0.39, 0.29) is 17.0 Å². The Kier molecular flexibility index (Phi) is 1.82. The van der Waals surface area contributed by atoms with Gasteiger partial charge in [0.2, 0.25) is 5.78 Å². The summed E-state index contributed by atoms with van der Waals surface area (Å²) in [5.74, 6) is -0.969. The van der Waals surface area contributed by atoms with E-state index >= 15 is 0 Å². The normalized spacial score (nSPS) is 14.2. The van der Waals surface area contributed by atoms with Crippen molar-refractivity contribution in [1.29, 1.82) is 0 Å². The third-order valence-corrected chi connectivity index (χ3v) is 2.63. The highest BCUT2D eigenvalue weighted by atomic mass is 16.3. The highest BCUT2D eigenvalue weighted by molar-refractivity contribution is 6.28. The van der Waals surface area contributed by atoms with E-state index in [4.69, 9.17) is 0 Å². The molecule has 0 bridgehead atoms. The second-order valence-corrected chi connectivity index (χ2v) is 3.62. The molecule has 1 N–H and O–H groups in total. The minimum Gasteiger partial charge on any atom is -0.505 e. The van der Waals surface area contributed by atoms with Crippen molar-refractivity contribution in [3.05, 3.63) is 41.2 Å². The van der Waals surface area contributed by atoms with Crippen LogP contribution in [0.1, 0.15) is 16.2 Å². The first-order chi connectivity index (χ1) is 8.22. The maximum Gasteiger partial charge on any atom is 0.220 e. The second-order valence-electron chi connectivity index (χ2n) is 3.62. The van der Waals surface area contributed by atoms with E-state index < -0.39 is 11.5 Å². The number of carbonyl (C=O) groups is 2. The summed E-state index contributed by atoms with van der Waals surface area (Å²) in [4.78, 5) is 30.7. The van der Waals surface area contributed by atoms with Gasteiger partial charge in [0.1, 0.15) is 17.0 Å². The van der Waals surface area contributed by atoms with E-state index in [1.807, 2.05) is 0 Å². The zero-order valence-electron chi connectivity index (χ0n) is 8.54. The number of Topliss-reactive ketones (excluding diaryl/α,β-unsaturated/α-hetero) is 1. The highest BCUT2D eigenvalue weighted by Gasteiger charge is 2.32. The van der Waals surface area contributed by atoms with Crippen molar-refractivity contribution in [2.45, 2.75) is 0 Å². The number of aliphatic hydroxyl groups is 1. The van der Waals surface area contributed by atoms with E-state index in [0.717, 1.165) is 0 Å². The lowest BCUT2D eigenvalue weighted by Crippen LogP contribution is -2.03. The molecule has 1 aromatic heterocycles. The number of nitrogens with zero attached hydrogens (tertiary/aromatic N) is 2. The standard InChI is InChI=1S/C12H6N2O3/c15-5-6-11(16)9-10(12(6)17)14-8-4-2-1-3-7(8)13-9/h1-5,16H. The summed E-state index contributed by atoms with van der Waals surface area (Å²) in [6, 6.07) is 6.99. The molecule has 1 heterocycles. The average molecular weight is 226 g/mol. The number of aromatic nitrogens is 2. The van der Waals surface area contributed by atoms with Gasteiger partial charge in [0.05, 0.1) is 11.0 Å². The molecule has 0 atom stereocenters. The van der Waals surface area contributed by atoms with Gasteiger partial charge in [0.15, 0.2) is 12.0 Å². The van der Waals surface area contributed by atoms with Gasteiger partial charge in [0, 0.05) is 0 Å². The fraction of sp³-hybridized carbons (Fsp3) is 0. The van der Waals surface area contributed by atoms with E-state index in [1.54, 1.807) is 24.3 Å². The molecule has 1 aliphatic rings. The maximum atomic E-state index is 11.7. The summed E-state index contributed by atoms with van der Waals surface area (Å²) in [5, 5.41) is 9.70. The van der Waals surface area contributed by atoms with Crippen LogP contribution in [0.25, 0.3) is 16.8 Å². The van der Waals surface area contributed by atoms with Gasteiger partial charge in [-0.2, -0.15) is 0 Å². The number of hydrogen-bond donors (Lipinski definition) is 1. The molecule has 0 spiro atoms. The number of ketones is 1. The van der Waals surface area contributed by atoms with Crippen LogP contribution in [0.5, 0.6) is 0 Å². The largest absolute Gasteiger partial charge is 0.505 e. The van der Waals surface area contributed by atoms with Gasteiger partial charge in [-0.05, 0) is 12.1 Å². The summed E-state index contributed by atoms with van der Waals surface area (Å²) in [5.41, 5.74) is 0.951. The van der Waals surface area contributed by atoms with Crippen LogP contribution in [0, 0.1) is 0 Å². The second kappa shape index (κ2) is 3.21. The van der Waals surface area contributed by atoms with Crippen LogP contribution in [-0.4, -0.2) is 27.1 Å². The van der Waals surface area contributed by atoms with Gasteiger partial charge >= 0.3 is 0 Å². The van der Waals surface area contributed by atoms with Gasteiger partial charge in [-0.15, -0.1) is 0 Å². The van der Waals surface area contributed by atoms with E-state index in [1.165, 1.54) is 0 Å². The molecular formula is C12H6N2O3. The molecular weight excluding hydrogens is 220 g/mol. The zero-order valence-corrected chi connectivity index (χ0v) is 8.54. The summed E-state index contributed by atoms with van der Waals surface area (Å²) >= 11 is 0. The van der Waals surface area contributed by atoms with Crippen LogP contribution in [0.2, 0.25) is 0 Å². The zero-order chi connectivity index (χ0) is 12.0. The quantitative estimate of drug-likeness (QED) is 0.585. The van der Waals surface area contributed by atoms with Gasteiger partial charge in [-0.25, -0.2) is 9.97 Å². The van der Waals surface area contributed by atoms with Gasteiger partial charge < -0.3 is 5.11 Å². The fourth-order valence-electron chi connectivity index (χ4n) is 1.80. The summed E-state index contributed by atoms with van der Waals surface area (Å²) in [7, 11) is 0. The number of rotatable bonds is 1. The molecule has 0 saturated heterocycles. The van der Waals surface area contributed by atoms with Crippen molar-refractivity contribution in [1.82, 2.24) is 9.97 Å². The Morgan fingerprint density at radius 1 is 1.06 bits per heavy atom. The molecule has 0 fully saturated rings. The molecule has 17 heavy (non-hydrogen) atoms. The first kappa shape index (κ1) is 9.65. The third-order valence-electron chi connectivity index (χ3n) is 2.63. The first-order valence-electron chi connectivity index (χ1n) is 4.92. The van der Waals surface area contributed by atoms with Crippen molar-refractivity contribution < 1.29 is 14.7 Å². The summed E-state index contributed by atoms with van der Waals surface area (Å²) < 4.78 is 0. The number of carbonyl (C=O) groups excluding carboxylic acids is 2. The number of benzene rings is 1. The lowest BCUT2D eigenvalue weighted by Gasteiger charge is -2.00. The Balaban J connectivity index is 2.37. The van der Waals surface area contributed by atoms with Crippen molar-refractivity contribution in [2.75, 3.05) is 0 Å². The number of allylic oxidation sites excluding steroid dienone is 1. The van der Waals surface area contributed by atoms with Crippen molar-refractivity contribution >= 4 is 28.9 Å². The maximum absolute atomic E-state index is 11.7. The molecule has 2 aromatic rings. The smallest absolute Gasteiger partial charge is 0.220 e.